The maximum atomic E-state index is 12.1. The first kappa shape index (κ1) is 17.0. The number of amides is 3. The molecule has 1 aromatic carbocycles. The van der Waals surface area contributed by atoms with Gasteiger partial charge in [0.15, 0.2) is 6.61 Å². The molecule has 2 aromatic rings. The van der Waals surface area contributed by atoms with Gasteiger partial charge in [-0.25, -0.2) is 14.6 Å². The second-order valence-electron chi connectivity index (χ2n) is 4.25. The first-order chi connectivity index (χ1) is 11.1. The van der Waals surface area contributed by atoms with Gasteiger partial charge in [-0.3, -0.25) is 10.1 Å². The molecule has 2 rings (SSSR count). The number of primary amides is 1. The molecule has 1 aromatic heterocycles. The average Bonchev–Trinajstić information content (AvgIpc) is 3.03. The maximum absolute atomic E-state index is 12.1. The van der Waals surface area contributed by atoms with Crippen molar-refractivity contribution in [3.63, 3.8) is 0 Å². The summed E-state index contributed by atoms with van der Waals surface area (Å²) in [4.78, 5) is 38.7. The summed E-state index contributed by atoms with van der Waals surface area (Å²) in [6.45, 7) is -0.577. The molecule has 23 heavy (non-hydrogen) atoms. The number of carbonyl (C=O) groups is 3. The van der Waals surface area contributed by atoms with Gasteiger partial charge in [0.2, 0.25) is 0 Å². The third kappa shape index (κ3) is 5.38. The minimum absolute atomic E-state index is 0.347. The number of nitrogens with one attached hydrogen (secondary N) is 1. The third-order valence-electron chi connectivity index (χ3n) is 2.56. The molecule has 0 aliphatic heterocycles. The highest BCUT2D eigenvalue weighted by atomic mass is 32.2. The van der Waals surface area contributed by atoms with E-state index in [9.17, 15) is 14.4 Å². The van der Waals surface area contributed by atoms with Crippen molar-refractivity contribution in [3.05, 3.63) is 46.4 Å². The van der Waals surface area contributed by atoms with E-state index in [1.807, 2.05) is 10.7 Å². The van der Waals surface area contributed by atoms with Crippen LogP contribution in [0.1, 0.15) is 16.1 Å². The number of thioether (sulfide) groups is 1. The minimum atomic E-state index is -0.995. The van der Waals surface area contributed by atoms with Gasteiger partial charge in [-0.05, 0) is 12.1 Å². The summed E-state index contributed by atoms with van der Waals surface area (Å²) in [7, 11) is 0. The summed E-state index contributed by atoms with van der Waals surface area (Å²) in [6, 6.07) is 5.91. The van der Waals surface area contributed by atoms with Gasteiger partial charge in [-0.2, -0.15) is 0 Å². The summed E-state index contributed by atoms with van der Waals surface area (Å²) in [5.74, 6) is -0.805. The fraction of sp³-hybridized carbons (Fsp3) is 0.143. The molecule has 0 unspecified atom stereocenters. The van der Waals surface area contributed by atoms with Gasteiger partial charge in [0.25, 0.3) is 5.91 Å². The molecule has 0 saturated carbocycles. The van der Waals surface area contributed by atoms with Crippen LogP contribution in [-0.2, 0) is 15.3 Å². The number of urea groups is 1. The fourth-order valence-electron chi connectivity index (χ4n) is 1.60. The topological polar surface area (TPSA) is 111 Å². The molecule has 0 saturated heterocycles. The van der Waals surface area contributed by atoms with E-state index >= 15 is 0 Å². The highest BCUT2D eigenvalue weighted by Gasteiger charge is 2.15. The number of nitrogens with zero attached hydrogens (tertiary/aromatic N) is 1. The highest BCUT2D eigenvalue weighted by molar-refractivity contribution is 7.98. The van der Waals surface area contributed by atoms with Crippen LogP contribution in [0.5, 0.6) is 0 Å². The maximum Gasteiger partial charge on any atom is 0.339 e. The van der Waals surface area contributed by atoms with Crippen molar-refractivity contribution in [2.75, 3.05) is 6.61 Å². The van der Waals surface area contributed by atoms with Crippen LogP contribution >= 0.6 is 23.1 Å². The standard InChI is InChI=1S/C14H13N3O4S2/c15-14(20)17-12(18)5-21-13(19)10-3-1-2-4-11(10)23-7-9-6-22-8-16-9/h1-4,6,8H,5,7H2,(H3,15,17,18,20). The van der Waals surface area contributed by atoms with Gasteiger partial charge < -0.3 is 10.5 Å². The average molecular weight is 351 g/mol. The predicted molar refractivity (Wildman–Crippen MR) is 86.1 cm³/mol. The van der Waals surface area contributed by atoms with Gasteiger partial charge in [0.05, 0.1) is 16.8 Å². The molecule has 3 N–H and O–H groups in total. The largest absolute Gasteiger partial charge is 0.452 e. The Morgan fingerprint density at radius 3 is 2.78 bits per heavy atom. The molecule has 9 heteroatoms. The van der Waals surface area contributed by atoms with Crippen LogP contribution in [0.25, 0.3) is 0 Å². The molecule has 1 heterocycles. The zero-order valence-electron chi connectivity index (χ0n) is 11.9. The first-order valence-electron chi connectivity index (χ1n) is 6.41. The zero-order chi connectivity index (χ0) is 16.7. The van der Waals surface area contributed by atoms with Crippen LogP contribution in [0.4, 0.5) is 4.79 Å². The summed E-state index contributed by atoms with van der Waals surface area (Å²) in [5.41, 5.74) is 7.81. The number of hydrogen-bond donors (Lipinski definition) is 2. The lowest BCUT2D eigenvalue weighted by Crippen LogP contribution is -2.37. The molecule has 120 valence electrons. The zero-order valence-corrected chi connectivity index (χ0v) is 13.5. The molecule has 7 nitrogen and oxygen atoms in total. The van der Waals surface area contributed by atoms with E-state index in [2.05, 4.69) is 4.98 Å². The van der Waals surface area contributed by atoms with Crippen LogP contribution in [0.15, 0.2) is 40.1 Å². The first-order valence-corrected chi connectivity index (χ1v) is 8.34. The fourth-order valence-corrected chi connectivity index (χ4v) is 3.21. The predicted octanol–water partition coefficient (Wildman–Crippen LogP) is 1.79. The van der Waals surface area contributed by atoms with E-state index in [4.69, 9.17) is 10.5 Å². The number of imide groups is 1. The SMILES string of the molecule is NC(=O)NC(=O)COC(=O)c1ccccc1SCc1cscn1. The summed E-state index contributed by atoms with van der Waals surface area (Å²) in [5, 5.41) is 3.75. The van der Waals surface area contributed by atoms with Crippen LogP contribution < -0.4 is 11.1 Å². The number of thiazole rings is 1. The summed E-state index contributed by atoms with van der Waals surface area (Å²) in [6.07, 6.45) is 0. The second kappa shape index (κ2) is 8.30. The Labute approximate surface area is 140 Å². The van der Waals surface area contributed by atoms with E-state index < -0.39 is 24.5 Å². The van der Waals surface area contributed by atoms with E-state index in [1.54, 1.807) is 29.8 Å². The molecular formula is C14H13N3O4S2. The van der Waals surface area contributed by atoms with Crippen molar-refractivity contribution >= 4 is 41.0 Å². The molecule has 0 spiro atoms. The highest BCUT2D eigenvalue weighted by Crippen LogP contribution is 2.26. The van der Waals surface area contributed by atoms with Crippen molar-refractivity contribution in [2.24, 2.45) is 5.73 Å². The molecule has 0 bridgehead atoms. The van der Waals surface area contributed by atoms with Crippen LogP contribution in [0.2, 0.25) is 0 Å². The van der Waals surface area contributed by atoms with Gasteiger partial charge in [0, 0.05) is 16.0 Å². The number of rotatable bonds is 6. The van der Waals surface area contributed by atoms with Gasteiger partial charge >= 0.3 is 12.0 Å². The molecular weight excluding hydrogens is 338 g/mol. The Balaban J connectivity index is 1.97. The summed E-state index contributed by atoms with van der Waals surface area (Å²) < 4.78 is 4.88. The Morgan fingerprint density at radius 1 is 1.30 bits per heavy atom. The van der Waals surface area contributed by atoms with Crippen LogP contribution in [0.3, 0.4) is 0 Å². The number of carbonyl (C=O) groups excluding carboxylic acids is 3. The number of esters is 1. The number of nitrogens with two attached hydrogens (primary N) is 1. The molecule has 3 amide bonds. The van der Waals surface area contributed by atoms with E-state index in [1.165, 1.54) is 23.1 Å². The van der Waals surface area contributed by atoms with Gasteiger partial charge in [0.1, 0.15) is 0 Å². The van der Waals surface area contributed by atoms with Crippen molar-refractivity contribution in [3.8, 4) is 0 Å². The Morgan fingerprint density at radius 2 is 2.09 bits per heavy atom. The van der Waals surface area contributed by atoms with Gasteiger partial charge in [-0.1, -0.05) is 12.1 Å². The van der Waals surface area contributed by atoms with E-state index in [0.717, 1.165) is 10.6 Å². The van der Waals surface area contributed by atoms with E-state index in [0.29, 0.717) is 11.3 Å². The minimum Gasteiger partial charge on any atom is -0.452 e. The quantitative estimate of drug-likeness (QED) is 0.606. The molecule has 0 aliphatic rings. The Hall–Kier alpha value is -2.39. The molecule has 0 radical (unpaired) electrons. The van der Waals surface area contributed by atoms with Crippen molar-refractivity contribution in [2.45, 2.75) is 10.6 Å². The van der Waals surface area contributed by atoms with Crippen molar-refractivity contribution in [1.82, 2.24) is 10.3 Å². The lowest BCUT2D eigenvalue weighted by Gasteiger charge is -2.08. The molecule has 0 atom stereocenters. The smallest absolute Gasteiger partial charge is 0.339 e. The number of aromatic nitrogens is 1. The Bertz CT molecular complexity index is 704. The van der Waals surface area contributed by atoms with Crippen LogP contribution in [-0.4, -0.2) is 29.5 Å². The van der Waals surface area contributed by atoms with Crippen molar-refractivity contribution < 1.29 is 19.1 Å². The van der Waals surface area contributed by atoms with Crippen molar-refractivity contribution in [1.29, 1.82) is 0 Å². The lowest BCUT2D eigenvalue weighted by molar-refractivity contribution is -0.123. The van der Waals surface area contributed by atoms with Crippen LogP contribution in [0, 0.1) is 0 Å². The third-order valence-corrected chi connectivity index (χ3v) is 4.31. The summed E-state index contributed by atoms with van der Waals surface area (Å²) >= 11 is 2.95. The van der Waals surface area contributed by atoms with E-state index in [-0.39, 0.29) is 0 Å². The number of ether oxygens (including phenoxy) is 1. The molecule has 0 fully saturated rings. The number of benzene rings is 1. The monoisotopic (exact) mass is 351 g/mol. The second-order valence-corrected chi connectivity index (χ2v) is 5.99. The number of hydrogen-bond acceptors (Lipinski definition) is 7. The Kier molecular flexibility index (Phi) is 6.12. The molecule has 0 aliphatic carbocycles. The lowest BCUT2D eigenvalue weighted by atomic mass is 10.2. The normalized spacial score (nSPS) is 10.1. The van der Waals surface area contributed by atoms with Gasteiger partial charge in [-0.15, -0.1) is 23.1 Å².